The number of carbonyl (C=O) groups excluding carboxylic acids is 2. The molecule has 1 saturated carbocycles. The molecule has 1 fully saturated rings. The van der Waals surface area contributed by atoms with E-state index in [9.17, 15) is 10.2 Å². The van der Waals surface area contributed by atoms with Crippen molar-refractivity contribution in [3.63, 3.8) is 0 Å². The Kier molecular flexibility index (Phi) is 11.8. The summed E-state index contributed by atoms with van der Waals surface area (Å²) in [7, 11) is 0. The normalized spacial score (nSPS) is 14.8. The molecular weight excluding hydrogens is 801 g/mol. The second-order valence-electron chi connectivity index (χ2n) is 18.2. The Morgan fingerprint density at radius 3 is 1.09 bits per heavy atom. The molecule has 9 rings (SSSR count). The number of hydrogen-bond acceptors (Lipinski definition) is 4. The van der Waals surface area contributed by atoms with E-state index in [0.717, 1.165) is 54.9 Å². The third kappa shape index (κ3) is 7.92. The van der Waals surface area contributed by atoms with Crippen LogP contribution in [0.5, 0.6) is 0 Å². The first-order valence-corrected chi connectivity index (χ1v) is 22.7. The maximum Gasteiger partial charge on any atom is 0.236 e. The molecule has 0 unspecified atom stereocenters. The van der Waals surface area contributed by atoms with Crippen molar-refractivity contribution in [1.82, 2.24) is 10.6 Å². The number of carbonyl (C=O) groups is 2. The Bertz CT molecular complexity index is 2750. The molecule has 4 N–H and O–H groups in total. The van der Waals surface area contributed by atoms with Crippen LogP contribution in [0.1, 0.15) is 93.4 Å². The van der Waals surface area contributed by atoms with Gasteiger partial charge in [0.1, 0.15) is 16.6 Å². The predicted molar refractivity (Wildman–Crippen MR) is 261 cm³/mol. The first-order valence-electron chi connectivity index (χ1n) is 22.7. The van der Waals surface area contributed by atoms with Gasteiger partial charge >= 0.3 is 0 Å². The minimum absolute atomic E-state index is 0.288. The SMILES string of the molecule is Cc1cccc(C(O)(c2cccc(C)c2)[C@@H](NC(=O)C2(C(=O)N[C@@H](c3cccc4ccccc34)C(O)(c3cccc(C)c3)c3cccc(C)c3)CCCC2)c2cccc3ccccc23)c1. The highest BCUT2D eigenvalue weighted by molar-refractivity contribution is 6.06. The second-order valence-corrected chi connectivity index (χ2v) is 18.2. The van der Waals surface area contributed by atoms with E-state index in [-0.39, 0.29) is 12.8 Å². The number of nitrogens with one attached hydrogen (secondary N) is 2. The topological polar surface area (TPSA) is 98.7 Å². The maximum atomic E-state index is 15.8. The monoisotopic (exact) mass is 856 g/mol. The Hall–Kier alpha value is -6.86. The van der Waals surface area contributed by atoms with Gasteiger partial charge in [0, 0.05) is 0 Å². The quantitative estimate of drug-likeness (QED) is 0.0920. The summed E-state index contributed by atoms with van der Waals surface area (Å²) in [5.41, 5.74) is 2.61. The summed E-state index contributed by atoms with van der Waals surface area (Å²) in [6.07, 6.45) is 1.88. The number of hydrogen-bond donors (Lipinski definition) is 4. The van der Waals surface area contributed by atoms with Crippen molar-refractivity contribution >= 4 is 33.4 Å². The van der Waals surface area contributed by atoms with Gasteiger partial charge in [0.25, 0.3) is 0 Å². The number of rotatable bonds is 12. The molecule has 6 nitrogen and oxygen atoms in total. The van der Waals surface area contributed by atoms with Crippen LogP contribution in [0.25, 0.3) is 21.5 Å². The zero-order chi connectivity index (χ0) is 45.3. The molecule has 1 aliphatic carbocycles. The number of aryl methyl sites for hydroxylation is 4. The molecule has 65 heavy (non-hydrogen) atoms. The molecule has 0 saturated heterocycles. The molecule has 326 valence electrons. The first-order chi connectivity index (χ1) is 31.4. The summed E-state index contributed by atoms with van der Waals surface area (Å²) in [6, 6.07) is 56.9. The summed E-state index contributed by atoms with van der Waals surface area (Å²) in [4.78, 5) is 31.7. The van der Waals surface area contributed by atoms with Crippen LogP contribution in [-0.2, 0) is 20.8 Å². The van der Waals surface area contributed by atoms with Crippen molar-refractivity contribution in [2.24, 2.45) is 5.41 Å². The zero-order valence-electron chi connectivity index (χ0n) is 37.5. The molecule has 2 amide bonds. The highest BCUT2D eigenvalue weighted by Crippen LogP contribution is 2.48. The molecule has 0 radical (unpaired) electrons. The average molecular weight is 857 g/mol. The predicted octanol–water partition coefficient (Wildman–Crippen LogP) is 11.7. The van der Waals surface area contributed by atoms with Crippen molar-refractivity contribution in [1.29, 1.82) is 0 Å². The van der Waals surface area contributed by atoms with Gasteiger partial charge in [0.2, 0.25) is 11.8 Å². The van der Waals surface area contributed by atoms with E-state index in [0.29, 0.717) is 35.1 Å². The largest absolute Gasteiger partial charge is 0.378 e. The van der Waals surface area contributed by atoms with Gasteiger partial charge in [-0.2, -0.15) is 0 Å². The lowest BCUT2D eigenvalue weighted by Crippen LogP contribution is -2.56. The molecule has 8 aromatic rings. The van der Waals surface area contributed by atoms with E-state index < -0.39 is 40.5 Å². The lowest BCUT2D eigenvalue weighted by atomic mass is 9.73. The molecule has 2 atom stereocenters. The van der Waals surface area contributed by atoms with E-state index in [1.54, 1.807) is 0 Å². The lowest BCUT2D eigenvalue weighted by Gasteiger charge is -2.42. The van der Waals surface area contributed by atoms with E-state index in [1.165, 1.54) is 0 Å². The molecule has 0 heterocycles. The van der Waals surface area contributed by atoms with Crippen molar-refractivity contribution < 1.29 is 19.8 Å². The number of benzene rings is 8. The fraction of sp³-hybridized carbons (Fsp3) is 0.220. The van der Waals surface area contributed by atoms with Crippen LogP contribution >= 0.6 is 0 Å². The third-order valence-corrected chi connectivity index (χ3v) is 13.8. The lowest BCUT2D eigenvalue weighted by molar-refractivity contribution is -0.146. The molecule has 8 aromatic carbocycles. The summed E-state index contributed by atoms with van der Waals surface area (Å²) >= 11 is 0. The fourth-order valence-corrected chi connectivity index (χ4v) is 10.4. The standard InChI is InChI=1S/C59H56N2O4/c1-39-17-11-25-45(35-39)58(64,46-26-12-18-40(2)36-46)53(51-31-15-23-43-21-5-7-29-49(43)51)60-55(62)57(33-9-10-34-57)56(63)61-54(52-32-16-24-44-22-6-8-30-50(44)52)59(65,47-27-13-19-41(3)37-47)48-28-14-20-42(4)38-48/h5-8,11-32,35-38,53-54,64-65H,9-10,33-34H2,1-4H3,(H,60,62)(H,61,63)/t53-,54-/m0/s1. The van der Waals surface area contributed by atoms with Gasteiger partial charge in [-0.05, 0) is 95.5 Å². The summed E-state index contributed by atoms with van der Waals surface area (Å²) < 4.78 is 0. The Morgan fingerprint density at radius 1 is 0.446 bits per heavy atom. The van der Waals surface area contributed by atoms with Crippen molar-refractivity contribution in [3.8, 4) is 0 Å². The zero-order valence-corrected chi connectivity index (χ0v) is 37.5. The number of fused-ring (bicyclic) bond motifs is 2. The van der Waals surface area contributed by atoms with Gasteiger partial charge in [-0.15, -0.1) is 0 Å². The van der Waals surface area contributed by atoms with Crippen LogP contribution in [0, 0.1) is 33.1 Å². The second kappa shape index (κ2) is 17.6. The van der Waals surface area contributed by atoms with E-state index in [4.69, 9.17) is 0 Å². The Labute approximate surface area is 382 Å². The van der Waals surface area contributed by atoms with Crippen LogP contribution in [0.2, 0.25) is 0 Å². The van der Waals surface area contributed by atoms with E-state index in [1.807, 2.05) is 210 Å². The molecule has 0 spiro atoms. The maximum absolute atomic E-state index is 15.8. The van der Waals surface area contributed by atoms with Gasteiger partial charge < -0.3 is 20.8 Å². The summed E-state index contributed by atoms with van der Waals surface area (Å²) in [5.74, 6) is -0.953. The Morgan fingerprint density at radius 2 is 0.754 bits per heavy atom. The molecular formula is C59H56N2O4. The average Bonchev–Trinajstić information content (AvgIpc) is 3.84. The number of aliphatic hydroxyl groups is 2. The van der Waals surface area contributed by atoms with Crippen molar-refractivity contribution in [2.45, 2.75) is 76.7 Å². The van der Waals surface area contributed by atoms with Crippen LogP contribution in [0.15, 0.2) is 182 Å². The van der Waals surface area contributed by atoms with E-state index >= 15 is 9.59 Å². The minimum Gasteiger partial charge on any atom is -0.378 e. The molecule has 0 aliphatic heterocycles. The van der Waals surface area contributed by atoms with Gasteiger partial charge in [-0.1, -0.05) is 217 Å². The highest BCUT2D eigenvalue weighted by atomic mass is 16.3. The molecule has 0 aromatic heterocycles. The van der Waals surface area contributed by atoms with Gasteiger partial charge in [-0.25, -0.2) is 0 Å². The van der Waals surface area contributed by atoms with Crippen LogP contribution in [0.4, 0.5) is 0 Å². The van der Waals surface area contributed by atoms with Gasteiger partial charge in [-0.3, -0.25) is 9.59 Å². The smallest absolute Gasteiger partial charge is 0.236 e. The van der Waals surface area contributed by atoms with Crippen LogP contribution < -0.4 is 10.6 Å². The first kappa shape index (κ1) is 43.4. The summed E-state index contributed by atoms with van der Waals surface area (Å²) in [6.45, 7) is 7.96. The fourth-order valence-electron chi connectivity index (χ4n) is 10.4. The molecule has 0 bridgehead atoms. The Balaban J connectivity index is 1.22. The van der Waals surface area contributed by atoms with Crippen LogP contribution in [0.3, 0.4) is 0 Å². The molecule has 6 heteroatoms. The highest BCUT2D eigenvalue weighted by Gasteiger charge is 2.53. The van der Waals surface area contributed by atoms with E-state index in [2.05, 4.69) is 10.6 Å². The van der Waals surface area contributed by atoms with Crippen molar-refractivity contribution in [2.75, 3.05) is 0 Å². The minimum atomic E-state index is -1.78. The third-order valence-electron chi connectivity index (χ3n) is 13.8. The number of amides is 2. The van der Waals surface area contributed by atoms with Crippen molar-refractivity contribution in [3.05, 3.63) is 238 Å². The van der Waals surface area contributed by atoms with Crippen LogP contribution in [-0.4, -0.2) is 22.0 Å². The molecule has 1 aliphatic rings. The van der Waals surface area contributed by atoms with Gasteiger partial charge in [0.05, 0.1) is 12.1 Å². The summed E-state index contributed by atoms with van der Waals surface area (Å²) in [5, 5.41) is 38.0. The van der Waals surface area contributed by atoms with Gasteiger partial charge in [0.15, 0.2) is 0 Å².